The maximum Gasteiger partial charge on any atom is 0.229 e. The van der Waals surface area contributed by atoms with Crippen molar-refractivity contribution in [3.05, 3.63) is 82.0 Å². The molecule has 1 aliphatic heterocycles. The third-order valence-electron chi connectivity index (χ3n) is 6.16. The summed E-state index contributed by atoms with van der Waals surface area (Å²) < 4.78 is 38.2. The zero-order valence-electron chi connectivity index (χ0n) is 20.4. The van der Waals surface area contributed by atoms with Crippen molar-refractivity contribution in [2.75, 3.05) is 37.2 Å². The van der Waals surface area contributed by atoms with Crippen LogP contribution in [0.15, 0.2) is 66.0 Å². The minimum atomic E-state index is -3.35. The van der Waals surface area contributed by atoms with Crippen molar-refractivity contribution in [2.24, 2.45) is 0 Å². The molecular formula is C27H34N2O4S2. The normalized spacial score (nSPS) is 16.2. The summed E-state index contributed by atoms with van der Waals surface area (Å²) in [6, 6.07) is 19.8. The highest BCUT2D eigenvalue weighted by Gasteiger charge is 2.26. The fourth-order valence-corrected chi connectivity index (χ4v) is 5.94. The molecule has 0 aliphatic carbocycles. The SMILES string of the molecule is Cc1ccsc1C(OC1CCN(CCCOc2ccccc2NS(C)(=O)=O)CC1)c1ccccc1. The van der Waals surface area contributed by atoms with Gasteiger partial charge in [-0.05, 0) is 60.9 Å². The van der Waals surface area contributed by atoms with E-state index in [9.17, 15) is 8.42 Å². The third kappa shape index (κ3) is 7.54. The van der Waals surface area contributed by atoms with Gasteiger partial charge in [0, 0.05) is 24.5 Å². The van der Waals surface area contributed by atoms with E-state index in [1.165, 1.54) is 16.0 Å². The van der Waals surface area contributed by atoms with Crippen LogP contribution in [0.2, 0.25) is 0 Å². The summed E-state index contributed by atoms with van der Waals surface area (Å²) in [6.45, 7) is 5.64. The first-order valence-corrected chi connectivity index (χ1v) is 14.8. The lowest BCUT2D eigenvalue weighted by atomic mass is 10.0. The standard InChI is InChI=1S/C27H34N2O4S2/c1-21-15-20-34-27(21)26(22-9-4-3-5-10-22)33-23-13-17-29(18-14-23)16-8-19-32-25-12-7-6-11-24(25)28-35(2,30)31/h3-7,9-12,15,20,23,26,28H,8,13-14,16-19H2,1-2H3. The second-order valence-corrected chi connectivity index (χ2v) is 11.7. The van der Waals surface area contributed by atoms with Crippen molar-refractivity contribution in [3.63, 3.8) is 0 Å². The summed E-state index contributed by atoms with van der Waals surface area (Å²) in [5.41, 5.74) is 2.97. The Balaban J connectivity index is 1.24. The fraction of sp³-hybridized carbons (Fsp3) is 0.407. The topological polar surface area (TPSA) is 67.9 Å². The number of para-hydroxylation sites is 2. The van der Waals surface area contributed by atoms with E-state index in [0.29, 0.717) is 18.0 Å². The van der Waals surface area contributed by atoms with Crippen molar-refractivity contribution in [3.8, 4) is 5.75 Å². The zero-order valence-corrected chi connectivity index (χ0v) is 22.0. The first-order chi connectivity index (χ1) is 16.9. The molecule has 0 spiro atoms. The number of hydrogen-bond acceptors (Lipinski definition) is 6. The number of ether oxygens (including phenoxy) is 2. The summed E-state index contributed by atoms with van der Waals surface area (Å²) in [7, 11) is -3.35. The van der Waals surface area contributed by atoms with E-state index < -0.39 is 10.0 Å². The number of hydrogen-bond donors (Lipinski definition) is 1. The molecule has 2 heterocycles. The van der Waals surface area contributed by atoms with E-state index in [2.05, 4.69) is 52.3 Å². The monoisotopic (exact) mass is 514 g/mol. The van der Waals surface area contributed by atoms with Gasteiger partial charge >= 0.3 is 0 Å². The summed E-state index contributed by atoms with van der Waals surface area (Å²) in [4.78, 5) is 3.75. The van der Waals surface area contributed by atoms with Crippen LogP contribution in [0.1, 0.15) is 41.4 Å². The van der Waals surface area contributed by atoms with Crippen LogP contribution >= 0.6 is 11.3 Å². The van der Waals surface area contributed by atoms with Crippen LogP contribution in [0.25, 0.3) is 0 Å². The Bertz CT molecular complexity index is 1170. The maximum absolute atomic E-state index is 11.6. The Morgan fingerprint density at radius 1 is 1.06 bits per heavy atom. The number of likely N-dealkylation sites (tertiary alicyclic amines) is 1. The molecule has 1 aromatic heterocycles. The lowest BCUT2D eigenvalue weighted by Gasteiger charge is -2.34. The molecule has 3 aromatic rings. The molecule has 188 valence electrons. The molecule has 1 aliphatic rings. The van der Waals surface area contributed by atoms with Crippen LogP contribution in [-0.4, -0.2) is 51.9 Å². The Morgan fingerprint density at radius 3 is 2.46 bits per heavy atom. The molecule has 35 heavy (non-hydrogen) atoms. The van der Waals surface area contributed by atoms with Crippen molar-refractivity contribution in [1.82, 2.24) is 4.90 Å². The molecule has 1 N–H and O–H groups in total. The van der Waals surface area contributed by atoms with E-state index in [0.717, 1.165) is 45.2 Å². The van der Waals surface area contributed by atoms with E-state index in [4.69, 9.17) is 9.47 Å². The van der Waals surface area contributed by atoms with E-state index in [1.54, 1.807) is 29.5 Å². The lowest BCUT2D eigenvalue weighted by Crippen LogP contribution is -2.38. The van der Waals surface area contributed by atoms with Crippen LogP contribution < -0.4 is 9.46 Å². The number of thiophene rings is 1. The molecule has 8 heteroatoms. The van der Waals surface area contributed by atoms with Crippen LogP contribution in [-0.2, 0) is 14.8 Å². The van der Waals surface area contributed by atoms with Crippen molar-refractivity contribution in [1.29, 1.82) is 0 Å². The summed E-state index contributed by atoms with van der Waals surface area (Å²) in [5, 5.41) is 2.14. The van der Waals surface area contributed by atoms with E-state index in [-0.39, 0.29) is 12.2 Å². The fourth-order valence-electron chi connectivity index (χ4n) is 4.38. The third-order valence-corrected chi connectivity index (χ3v) is 7.82. The molecule has 1 atom stereocenters. The second-order valence-electron chi connectivity index (χ2n) is 9.01. The number of sulfonamides is 1. The van der Waals surface area contributed by atoms with E-state index >= 15 is 0 Å². The first-order valence-electron chi connectivity index (χ1n) is 12.1. The van der Waals surface area contributed by atoms with Crippen molar-refractivity contribution >= 4 is 27.0 Å². The largest absolute Gasteiger partial charge is 0.491 e. The molecule has 1 saturated heterocycles. The molecule has 1 fully saturated rings. The number of anilines is 1. The minimum absolute atomic E-state index is 0.0123. The van der Waals surface area contributed by atoms with Gasteiger partial charge in [0.1, 0.15) is 11.9 Å². The molecule has 4 rings (SSSR count). The van der Waals surface area contributed by atoms with Gasteiger partial charge in [0.05, 0.1) is 24.7 Å². The number of nitrogens with zero attached hydrogens (tertiary/aromatic N) is 1. The summed E-state index contributed by atoms with van der Waals surface area (Å²) in [6.07, 6.45) is 4.26. The summed E-state index contributed by atoms with van der Waals surface area (Å²) >= 11 is 1.77. The van der Waals surface area contributed by atoms with Gasteiger partial charge in [-0.15, -0.1) is 11.3 Å². The van der Waals surface area contributed by atoms with Gasteiger partial charge in [-0.25, -0.2) is 8.42 Å². The molecular weight excluding hydrogens is 480 g/mol. The van der Waals surface area contributed by atoms with Crippen molar-refractivity contribution in [2.45, 2.75) is 38.4 Å². The highest BCUT2D eigenvalue weighted by atomic mass is 32.2. The molecule has 0 amide bonds. The predicted molar refractivity (Wildman–Crippen MR) is 143 cm³/mol. The molecule has 2 aromatic carbocycles. The second kappa shape index (κ2) is 12.0. The van der Waals surface area contributed by atoms with Gasteiger partial charge in [0.15, 0.2) is 0 Å². The Hall–Kier alpha value is -2.39. The number of rotatable bonds is 11. The van der Waals surface area contributed by atoms with Gasteiger partial charge in [-0.1, -0.05) is 42.5 Å². The summed E-state index contributed by atoms with van der Waals surface area (Å²) in [5.74, 6) is 0.556. The highest BCUT2D eigenvalue weighted by Crippen LogP contribution is 2.35. The smallest absolute Gasteiger partial charge is 0.229 e. The predicted octanol–water partition coefficient (Wildman–Crippen LogP) is 5.47. The lowest BCUT2D eigenvalue weighted by molar-refractivity contribution is -0.0262. The number of benzene rings is 2. The van der Waals surface area contributed by atoms with Crippen LogP contribution in [0.5, 0.6) is 5.75 Å². The van der Waals surface area contributed by atoms with Crippen LogP contribution in [0.3, 0.4) is 0 Å². The zero-order chi connectivity index (χ0) is 24.7. The van der Waals surface area contributed by atoms with Gasteiger partial charge < -0.3 is 14.4 Å². The van der Waals surface area contributed by atoms with Crippen LogP contribution in [0, 0.1) is 6.92 Å². The minimum Gasteiger partial charge on any atom is -0.491 e. The van der Waals surface area contributed by atoms with Gasteiger partial charge in [-0.2, -0.15) is 0 Å². The Morgan fingerprint density at radius 2 is 1.77 bits per heavy atom. The number of nitrogens with one attached hydrogen (secondary N) is 1. The molecule has 6 nitrogen and oxygen atoms in total. The Kier molecular flexibility index (Phi) is 8.83. The average Bonchev–Trinajstić information content (AvgIpc) is 3.27. The molecule has 1 unspecified atom stereocenters. The van der Waals surface area contributed by atoms with Crippen LogP contribution in [0.4, 0.5) is 5.69 Å². The molecule has 0 saturated carbocycles. The van der Waals surface area contributed by atoms with Crippen molar-refractivity contribution < 1.29 is 17.9 Å². The molecule has 0 radical (unpaired) electrons. The quantitative estimate of drug-likeness (QED) is 0.344. The molecule has 0 bridgehead atoms. The maximum atomic E-state index is 11.6. The van der Waals surface area contributed by atoms with E-state index in [1.807, 2.05) is 12.1 Å². The average molecular weight is 515 g/mol. The van der Waals surface area contributed by atoms with Gasteiger partial charge in [-0.3, -0.25) is 4.72 Å². The van der Waals surface area contributed by atoms with Gasteiger partial charge in [0.2, 0.25) is 10.0 Å². The number of piperidine rings is 1. The highest BCUT2D eigenvalue weighted by molar-refractivity contribution is 7.92. The Labute approximate surface area is 212 Å². The number of aryl methyl sites for hydroxylation is 1. The first kappa shape index (κ1) is 25.7. The van der Waals surface area contributed by atoms with Gasteiger partial charge in [0.25, 0.3) is 0 Å².